The molecule has 0 spiro atoms. The average Bonchev–Trinajstić information content (AvgIpc) is 3.52. The first-order valence-corrected chi connectivity index (χ1v) is 14.6. The van der Waals surface area contributed by atoms with Gasteiger partial charge in [-0.1, -0.05) is 109 Å². The van der Waals surface area contributed by atoms with Crippen LogP contribution in [0.1, 0.15) is 0 Å². The Hall–Kier alpha value is -5.73. The highest BCUT2D eigenvalue weighted by Gasteiger charge is 2.17. The number of fused-ring (bicyclic) bond motifs is 1. The summed E-state index contributed by atoms with van der Waals surface area (Å²) in [5.74, 6) is 0.887. The predicted molar refractivity (Wildman–Crippen MR) is 179 cm³/mol. The third-order valence-corrected chi connectivity index (χ3v) is 8.76. The first-order chi connectivity index (χ1) is 21.3. The second-order valence-corrected chi connectivity index (χ2v) is 11.2. The van der Waals surface area contributed by atoms with Crippen molar-refractivity contribution in [3.05, 3.63) is 152 Å². The summed E-state index contributed by atoms with van der Waals surface area (Å²) in [5, 5.41) is 8.86. The molecule has 0 aliphatic carbocycles. The molecule has 0 N–H and O–H groups in total. The summed E-state index contributed by atoms with van der Waals surface area (Å²) in [7, 11) is 0. The molecule has 0 aliphatic rings. The van der Waals surface area contributed by atoms with Crippen LogP contribution in [0.15, 0.2) is 156 Å². The number of para-hydroxylation sites is 1. The minimum absolute atomic E-state index is 0.887. The van der Waals surface area contributed by atoms with E-state index in [0.29, 0.717) is 0 Å². The van der Waals surface area contributed by atoms with Crippen LogP contribution in [0.3, 0.4) is 0 Å². The molecule has 0 radical (unpaired) electrons. The lowest BCUT2D eigenvalue weighted by atomic mass is 9.85. The lowest BCUT2D eigenvalue weighted by Crippen LogP contribution is -1.91. The number of hydrogen-bond acceptors (Lipinski definition) is 2. The number of benzene rings is 7. The van der Waals surface area contributed by atoms with Gasteiger partial charge in [-0.05, 0) is 96.0 Å². The maximum Gasteiger partial charge on any atom is 0.135 e. The molecule has 0 aliphatic heterocycles. The fraction of sp³-hybridized carbons (Fsp3) is 0. The minimum Gasteiger partial charge on any atom is -0.456 e. The zero-order valence-electron chi connectivity index (χ0n) is 23.3. The quantitative estimate of drug-likeness (QED) is 0.205. The lowest BCUT2D eigenvalue weighted by Gasteiger charge is -2.18. The van der Waals surface area contributed by atoms with Crippen molar-refractivity contribution in [3.63, 3.8) is 0 Å². The monoisotopic (exact) mass is 547 g/mol. The smallest absolute Gasteiger partial charge is 0.135 e. The Labute approximate surface area is 248 Å². The van der Waals surface area contributed by atoms with E-state index in [1.165, 1.54) is 65.7 Å². The first-order valence-electron chi connectivity index (χ1n) is 14.6. The number of pyridine rings is 1. The van der Waals surface area contributed by atoms with Crippen molar-refractivity contribution in [2.75, 3.05) is 0 Å². The van der Waals surface area contributed by atoms with Crippen LogP contribution < -0.4 is 0 Å². The molecule has 200 valence electrons. The summed E-state index contributed by atoms with van der Waals surface area (Å²) in [6, 6.07) is 50.2. The number of nitrogens with zero attached hydrogens (tertiary/aromatic N) is 1. The Bertz CT molecular complexity index is 2370. The number of hydrogen-bond donors (Lipinski definition) is 0. The van der Waals surface area contributed by atoms with E-state index in [0.717, 1.165) is 22.3 Å². The number of rotatable bonds is 4. The van der Waals surface area contributed by atoms with E-state index in [9.17, 15) is 0 Å². The Morgan fingerprint density at radius 1 is 0.395 bits per heavy atom. The van der Waals surface area contributed by atoms with Crippen molar-refractivity contribution >= 4 is 43.3 Å². The van der Waals surface area contributed by atoms with Crippen molar-refractivity contribution in [2.24, 2.45) is 0 Å². The fourth-order valence-electron chi connectivity index (χ4n) is 6.63. The van der Waals surface area contributed by atoms with Gasteiger partial charge in [-0.15, -0.1) is 0 Å². The van der Waals surface area contributed by atoms with Gasteiger partial charge in [-0.2, -0.15) is 0 Å². The molecule has 2 aromatic heterocycles. The van der Waals surface area contributed by atoms with Gasteiger partial charge in [0.05, 0.1) is 0 Å². The zero-order valence-corrected chi connectivity index (χ0v) is 23.3. The Morgan fingerprint density at radius 2 is 0.953 bits per heavy atom. The lowest BCUT2D eigenvalue weighted by molar-refractivity contribution is 0.631. The van der Waals surface area contributed by atoms with E-state index in [4.69, 9.17) is 4.42 Å². The van der Waals surface area contributed by atoms with Crippen molar-refractivity contribution < 1.29 is 4.42 Å². The second-order valence-electron chi connectivity index (χ2n) is 11.2. The third-order valence-electron chi connectivity index (χ3n) is 8.76. The van der Waals surface area contributed by atoms with Crippen LogP contribution >= 0.6 is 0 Å². The van der Waals surface area contributed by atoms with Gasteiger partial charge in [0.1, 0.15) is 11.3 Å². The van der Waals surface area contributed by atoms with Gasteiger partial charge in [0, 0.05) is 23.3 Å². The largest absolute Gasteiger partial charge is 0.456 e. The molecule has 43 heavy (non-hydrogen) atoms. The molecule has 0 unspecified atom stereocenters. The van der Waals surface area contributed by atoms with Gasteiger partial charge >= 0.3 is 0 Å². The topological polar surface area (TPSA) is 26.0 Å². The van der Waals surface area contributed by atoms with E-state index >= 15 is 0 Å². The predicted octanol–water partition coefficient (Wildman–Crippen LogP) is 11.4. The highest BCUT2D eigenvalue weighted by atomic mass is 16.3. The van der Waals surface area contributed by atoms with Gasteiger partial charge in [0.15, 0.2) is 0 Å². The Morgan fingerprint density at radius 3 is 1.60 bits per heavy atom. The highest BCUT2D eigenvalue weighted by molar-refractivity contribution is 6.28. The molecule has 9 aromatic rings. The molecule has 2 heteroatoms. The molecule has 9 rings (SSSR count). The van der Waals surface area contributed by atoms with Crippen molar-refractivity contribution in [3.8, 4) is 44.7 Å². The second kappa shape index (κ2) is 9.40. The first kappa shape index (κ1) is 23.9. The van der Waals surface area contributed by atoms with Crippen LogP contribution in [0.4, 0.5) is 0 Å². The molecule has 7 aromatic carbocycles. The Balaban J connectivity index is 1.24. The summed E-state index contributed by atoms with van der Waals surface area (Å²) in [6.45, 7) is 0. The van der Waals surface area contributed by atoms with Crippen LogP contribution in [-0.4, -0.2) is 4.98 Å². The van der Waals surface area contributed by atoms with Crippen LogP contribution in [0.5, 0.6) is 0 Å². The summed E-state index contributed by atoms with van der Waals surface area (Å²) < 4.78 is 6.16. The standard InChI is InChI=1S/C41H25NO/c1-2-7-38-33(4-1)24-39(43-38)30-14-12-29(13-15-30)37-25-36(28-10-8-26(9-11-28)27-20-22-42-23-21-27)34-18-16-31-5-3-6-32-17-19-35(37)41(34)40(31)32/h1-25H. The van der Waals surface area contributed by atoms with E-state index in [2.05, 4.69) is 126 Å². The van der Waals surface area contributed by atoms with Crippen LogP contribution in [-0.2, 0) is 0 Å². The zero-order chi connectivity index (χ0) is 28.3. The number of furan rings is 1. The maximum absolute atomic E-state index is 6.16. The van der Waals surface area contributed by atoms with Crippen LogP contribution in [0, 0.1) is 0 Å². The fourth-order valence-corrected chi connectivity index (χ4v) is 6.63. The molecule has 0 saturated heterocycles. The third kappa shape index (κ3) is 3.84. The van der Waals surface area contributed by atoms with Gasteiger partial charge in [0.25, 0.3) is 0 Å². The molecular formula is C41H25NO. The average molecular weight is 548 g/mol. The van der Waals surface area contributed by atoms with Crippen LogP contribution in [0.25, 0.3) is 88.0 Å². The normalized spacial score (nSPS) is 11.7. The summed E-state index contributed by atoms with van der Waals surface area (Å²) >= 11 is 0. The molecule has 0 bridgehead atoms. The van der Waals surface area contributed by atoms with Gasteiger partial charge in [0.2, 0.25) is 0 Å². The number of aromatic nitrogens is 1. The van der Waals surface area contributed by atoms with Gasteiger partial charge < -0.3 is 4.42 Å². The van der Waals surface area contributed by atoms with E-state index in [-0.39, 0.29) is 0 Å². The van der Waals surface area contributed by atoms with Crippen LogP contribution in [0.2, 0.25) is 0 Å². The summed E-state index contributed by atoms with van der Waals surface area (Å²) in [4.78, 5) is 4.18. The Kier molecular flexibility index (Phi) is 5.23. The van der Waals surface area contributed by atoms with Crippen molar-refractivity contribution in [1.82, 2.24) is 4.98 Å². The molecule has 0 saturated carbocycles. The molecule has 2 nitrogen and oxygen atoms in total. The molecular weight excluding hydrogens is 522 g/mol. The van der Waals surface area contributed by atoms with E-state index in [1.807, 2.05) is 30.6 Å². The SMILES string of the molecule is c1ccc2oc(-c3ccc(-c4cc(-c5ccc(-c6ccncc6)cc5)c5ccc6cccc7ccc4c5c67)cc3)cc2c1. The van der Waals surface area contributed by atoms with Crippen molar-refractivity contribution in [2.45, 2.75) is 0 Å². The maximum atomic E-state index is 6.16. The van der Waals surface area contributed by atoms with E-state index in [1.54, 1.807) is 0 Å². The molecule has 0 fully saturated rings. The summed E-state index contributed by atoms with van der Waals surface area (Å²) in [5.41, 5.74) is 9.20. The molecule has 2 heterocycles. The molecule has 0 atom stereocenters. The summed E-state index contributed by atoms with van der Waals surface area (Å²) in [6.07, 6.45) is 3.69. The van der Waals surface area contributed by atoms with Crippen molar-refractivity contribution in [1.29, 1.82) is 0 Å². The van der Waals surface area contributed by atoms with Gasteiger partial charge in [-0.25, -0.2) is 0 Å². The van der Waals surface area contributed by atoms with E-state index < -0.39 is 0 Å². The minimum atomic E-state index is 0.887. The molecule has 0 amide bonds. The highest BCUT2D eigenvalue weighted by Crippen LogP contribution is 2.44. The van der Waals surface area contributed by atoms with Gasteiger partial charge in [-0.3, -0.25) is 4.98 Å².